The molecule has 0 saturated carbocycles. The van der Waals surface area contributed by atoms with Gasteiger partial charge in [-0.15, -0.1) is 6.58 Å². The van der Waals surface area contributed by atoms with E-state index in [9.17, 15) is 13.2 Å². The van der Waals surface area contributed by atoms with Gasteiger partial charge in [-0.25, -0.2) is 13.4 Å². The first-order valence-electron chi connectivity index (χ1n) is 10.8. The Morgan fingerprint density at radius 2 is 1.76 bits per heavy atom. The van der Waals surface area contributed by atoms with Crippen molar-refractivity contribution in [1.29, 1.82) is 0 Å². The number of anilines is 2. The third kappa shape index (κ3) is 5.08. The molecule has 1 saturated heterocycles. The summed E-state index contributed by atoms with van der Waals surface area (Å²) in [7, 11) is -3.93. The number of carbonyl (C=O) groups excluding carboxylic acids is 1. The van der Waals surface area contributed by atoms with Crippen molar-refractivity contribution in [3.8, 4) is 0 Å². The van der Waals surface area contributed by atoms with Crippen molar-refractivity contribution < 1.29 is 13.2 Å². The van der Waals surface area contributed by atoms with E-state index in [1.54, 1.807) is 47.5 Å². The summed E-state index contributed by atoms with van der Waals surface area (Å²) >= 11 is 5.96. The molecule has 4 rings (SSSR count). The molecule has 176 valence electrons. The zero-order valence-corrected chi connectivity index (χ0v) is 20.1. The zero-order valence-electron chi connectivity index (χ0n) is 18.5. The van der Waals surface area contributed by atoms with Crippen LogP contribution in [0.15, 0.2) is 90.5 Å². The van der Waals surface area contributed by atoms with Crippen LogP contribution < -0.4 is 9.21 Å². The topological polar surface area (TPSA) is 73.8 Å². The van der Waals surface area contributed by atoms with Crippen LogP contribution in [0.4, 0.5) is 11.5 Å². The number of amides is 1. The average Bonchev–Trinajstić information content (AvgIpc) is 2.88. The number of pyridine rings is 1. The van der Waals surface area contributed by atoms with Gasteiger partial charge in [-0.1, -0.05) is 29.8 Å². The van der Waals surface area contributed by atoms with Crippen molar-refractivity contribution in [3.63, 3.8) is 0 Å². The predicted octanol–water partition coefficient (Wildman–Crippen LogP) is 4.08. The van der Waals surface area contributed by atoms with Gasteiger partial charge in [-0.05, 0) is 54.6 Å². The number of hydrogen-bond acceptors (Lipinski definition) is 5. The molecule has 0 bridgehead atoms. The highest BCUT2D eigenvalue weighted by molar-refractivity contribution is 7.92. The summed E-state index contributed by atoms with van der Waals surface area (Å²) in [6, 6.07) is 18.5. The maximum Gasteiger partial charge on any atom is 0.264 e. The van der Waals surface area contributed by atoms with Gasteiger partial charge in [0, 0.05) is 43.0 Å². The SMILES string of the molecule is C=CCN(c1ccc(Cl)cc1)S(=O)(=O)c1cccc(C(=O)N2CCN(c3ccccn3)CC2)c1. The fourth-order valence-corrected chi connectivity index (χ4v) is 5.45. The molecule has 0 spiro atoms. The molecule has 0 unspecified atom stereocenters. The normalized spacial score (nSPS) is 14.0. The standard InChI is InChI=1S/C25H25ClN4O3S/c1-2-14-30(22-11-9-21(26)10-12-22)34(32,33)23-7-5-6-20(19-23)25(31)29-17-15-28(16-18-29)24-8-3-4-13-27-24/h2-13,19H,1,14-18H2. The summed E-state index contributed by atoms with van der Waals surface area (Å²) in [5.74, 6) is 0.687. The number of hydrogen-bond donors (Lipinski definition) is 0. The summed E-state index contributed by atoms with van der Waals surface area (Å²) in [6.07, 6.45) is 3.26. The Kier molecular flexibility index (Phi) is 7.19. The van der Waals surface area contributed by atoms with Crippen LogP contribution in [0.25, 0.3) is 0 Å². The molecule has 1 aliphatic heterocycles. The van der Waals surface area contributed by atoms with Crippen molar-refractivity contribution in [2.24, 2.45) is 0 Å². The van der Waals surface area contributed by atoms with Gasteiger partial charge in [-0.3, -0.25) is 9.10 Å². The Morgan fingerprint density at radius 3 is 2.41 bits per heavy atom. The highest BCUT2D eigenvalue weighted by atomic mass is 35.5. The van der Waals surface area contributed by atoms with Gasteiger partial charge in [0.15, 0.2) is 0 Å². The van der Waals surface area contributed by atoms with E-state index < -0.39 is 10.0 Å². The minimum absolute atomic E-state index is 0.0438. The van der Waals surface area contributed by atoms with E-state index in [1.165, 1.54) is 22.5 Å². The van der Waals surface area contributed by atoms with Gasteiger partial charge >= 0.3 is 0 Å². The number of benzene rings is 2. The van der Waals surface area contributed by atoms with Crippen molar-refractivity contribution in [2.45, 2.75) is 4.90 Å². The summed E-state index contributed by atoms with van der Waals surface area (Å²) in [4.78, 5) is 21.5. The van der Waals surface area contributed by atoms with Crippen molar-refractivity contribution >= 4 is 39.0 Å². The molecule has 0 N–H and O–H groups in total. The Morgan fingerprint density at radius 1 is 1.03 bits per heavy atom. The van der Waals surface area contributed by atoms with E-state index in [0.29, 0.717) is 42.5 Å². The Bertz CT molecular complexity index is 1260. The van der Waals surface area contributed by atoms with Gasteiger partial charge in [0.05, 0.1) is 17.1 Å². The number of rotatable bonds is 7. The molecule has 1 aliphatic rings. The van der Waals surface area contributed by atoms with Crippen LogP contribution in [0.5, 0.6) is 0 Å². The molecule has 0 aliphatic carbocycles. The first kappa shape index (κ1) is 23.8. The quantitative estimate of drug-likeness (QED) is 0.461. The molecule has 2 heterocycles. The highest BCUT2D eigenvalue weighted by Crippen LogP contribution is 2.26. The fraction of sp³-hybridized carbons (Fsp3) is 0.200. The number of sulfonamides is 1. The third-order valence-electron chi connectivity index (χ3n) is 5.62. The maximum absolute atomic E-state index is 13.5. The molecular weight excluding hydrogens is 472 g/mol. The molecular formula is C25H25ClN4O3S. The van der Waals surface area contributed by atoms with E-state index >= 15 is 0 Å². The van der Waals surface area contributed by atoms with Gasteiger partial charge in [0.25, 0.3) is 15.9 Å². The number of carbonyl (C=O) groups is 1. The fourth-order valence-electron chi connectivity index (χ4n) is 3.85. The zero-order chi connectivity index (χ0) is 24.1. The lowest BCUT2D eigenvalue weighted by Gasteiger charge is -2.35. The van der Waals surface area contributed by atoms with Crippen LogP contribution in [0.1, 0.15) is 10.4 Å². The van der Waals surface area contributed by atoms with Crippen molar-refractivity contribution in [1.82, 2.24) is 9.88 Å². The molecule has 1 aromatic heterocycles. The largest absolute Gasteiger partial charge is 0.353 e. The third-order valence-corrected chi connectivity index (χ3v) is 7.66. The predicted molar refractivity (Wildman–Crippen MR) is 135 cm³/mol. The van der Waals surface area contributed by atoms with E-state index in [-0.39, 0.29) is 17.3 Å². The maximum atomic E-state index is 13.5. The number of halogens is 1. The second kappa shape index (κ2) is 10.3. The number of aromatic nitrogens is 1. The van der Waals surface area contributed by atoms with Gasteiger partial charge in [0.2, 0.25) is 0 Å². The smallest absolute Gasteiger partial charge is 0.264 e. The first-order chi connectivity index (χ1) is 16.4. The van der Waals surface area contributed by atoms with Crippen LogP contribution >= 0.6 is 11.6 Å². The second-order valence-electron chi connectivity index (χ2n) is 7.80. The summed E-state index contributed by atoms with van der Waals surface area (Å²) in [5.41, 5.74) is 0.800. The van der Waals surface area contributed by atoms with Gasteiger partial charge < -0.3 is 9.80 Å². The lowest BCUT2D eigenvalue weighted by Crippen LogP contribution is -2.49. The minimum atomic E-state index is -3.93. The minimum Gasteiger partial charge on any atom is -0.353 e. The molecule has 7 nitrogen and oxygen atoms in total. The van der Waals surface area contributed by atoms with Crippen LogP contribution in [-0.4, -0.2) is 56.9 Å². The lowest BCUT2D eigenvalue weighted by molar-refractivity contribution is 0.0746. The first-order valence-corrected chi connectivity index (χ1v) is 12.7. The summed E-state index contributed by atoms with van der Waals surface area (Å²) < 4.78 is 28.2. The molecule has 34 heavy (non-hydrogen) atoms. The van der Waals surface area contributed by atoms with Crippen LogP contribution in [-0.2, 0) is 10.0 Å². The molecule has 0 atom stereocenters. The second-order valence-corrected chi connectivity index (χ2v) is 10.1. The Labute approximate surface area is 204 Å². The van der Waals surface area contributed by atoms with E-state index in [4.69, 9.17) is 11.6 Å². The molecule has 1 amide bonds. The van der Waals surface area contributed by atoms with Gasteiger partial charge in [0.1, 0.15) is 5.82 Å². The number of piperazine rings is 1. The summed E-state index contributed by atoms with van der Waals surface area (Å²) in [5, 5.41) is 0.510. The molecule has 1 fully saturated rings. The van der Waals surface area contributed by atoms with Crippen LogP contribution in [0.3, 0.4) is 0 Å². The average molecular weight is 497 g/mol. The van der Waals surface area contributed by atoms with Crippen molar-refractivity contribution in [3.05, 3.63) is 96.2 Å². The van der Waals surface area contributed by atoms with E-state index in [2.05, 4.69) is 16.5 Å². The Balaban J connectivity index is 1.53. The van der Waals surface area contributed by atoms with E-state index in [0.717, 1.165) is 5.82 Å². The van der Waals surface area contributed by atoms with E-state index in [1.807, 2.05) is 18.2 Å². The van der Waals surface area contributed by atoms with Gasteiger partial charge in [-0.2, -0.15) is 0 Å². The van der Waals surface area contributed by atoms with Crippen molar-refractivity contribution in [2.75, 3.05) is 41.9 Å². The molecule has 9 heteroatoms. The van der Waals surface area contributed by atoms with Crippen LogP contribution in [0.2, 0.25) is 5.02 Å². The van der Waals surface area contributed by atoms with Crippen LogP contribution in [0, 0.1) is 0 Å². The molecule has 0 radical (unpaired) electrons. The monoisotopic (exact) mass is 496 g/mol. The summed E-state index contributed by atoms with van der Waals surface area (Å²) in [6.45, 7) is 6.13. The highest BCUT2D eigenvalue weighted by Gasteiger charge is 2.27. The molecule has 2 aromatic carbocycles. The Hall–Kier alpha value is -3.36. The lowest BCUT2D eigenvalue weighted by atomic mass is 10.2. The molecule has 3 aromatic rings. The number of nitrogens with zero attached hydrogens (tertiary/aromatic N) is 4.